The molecule has 3 aliphatic rings. The molecule has 1 saturated carbocycles. The molecule has 2 heteroatoms. The number of ketones is 1. The number of hydrogen-bond acceptors (Lipinski definition) is 2. The van der Waals surface area contributed by atoms with E-state index in [0.717, 1.165) is 37.4 Å². The number of likely N-dealkylation sites (tertiary alicyclic amines) is 1. The van der Waals surface area contributed by atoms with Crippen LogP contribution in [0.25, 0.3) is 0 Å². The molecule has 2 bridgehead atoms. The molecule has 0 spiro atoms. The van der Waals surface area contributed by atoms with Crippen molar-refractivity contribution in [3.8, 4) is 0 Å². The van der Waals surface area contributed by atoms with E-state index in [0.29, 0.717) is 11.7 Å². The molecule has 2 fully saturated rings. The summed E-state index contributed by atoms with van der Waals surface area (Å²) in [4.78, 5) is 15.7. The number of rotatable bonds is 4. The lowest BCUT2D eigenvalue weighted by atomic mass is 9.58. The minimum Gasteiger partial charge on any atom is -0.293 e. The minimum atomic E-state index is 0.110. The molecule has 1 aromatic rings. The van der Waals surface area contributed by atoms with Crippen LogP contribution in [0.1, 0.15) is 67.9 Å². The van der Waals surface area contributed by atoms with E-state index >= 15 is 0 Å². The number of hydrogen-bond donors (Lipinski definition) is 0. The first-order valence-corrected chi connectivity index (χ1v) is 9.46. The van der Waals surface area contributed by atoms with Gasteiger partial charge in [0.2, 0.25) is 0 Å². The maximum Gasteiger partial charge on any atom is 0.180 e. The Morgan fingerprint density at radius 2 is 2.09 bits per heavy atom. The molecule has 4 rings (SSSR count). The normalized spacial score (nSPS) is 33.6. The molecule has 0 unspecified atom stereocenters. The van der Waals surface area contributed by atoms with Crippen LogP contribution in [0.3, 0.4) is 0 Å². The SMILES string of the molecule is CCCc1ccc2c(c1)[C@@]1(C)CCN(CC3CC3)[C@H](C2=O)[C@@H]1C. The van der Waals surface area contributed by atoms with Crippen LogP contribution in [-0.2, 0) is 11.8 Å². The molecule has 0 N–H and O–H groups in total. The summed E-state index contributed by atoms with van der Waals surface area (Å²) in [7, 11) is 0. The lowest BCUT2D eigenvalue weighted by molar-refractivity contribution is 0.0266. The Morgan fingerprint density at radius 3 is 2.78 bits per heavy atom. The summed E-state index contributed by atoms with van der Waals surface area (Å²) in [5.41, 5.74) is 3.91. The molecule has 124 valence electrons. The van der Waals surface area contributed by atoms with Crippen molar-refractivity contribution in [2.45, 2.75) is 64.3 Å². The van der Waals surface area contributed by atoms with Gasteiger partial charge in [0.15, 0.2) is 5.78 Å². The van der Waals surface area contributed by atoms with Gasteiger partial charge in [0.25, 0.3) is 0 Å². The van der Waals surface area contributed by atoms with Gasteiger partial charge >= 0.3 is 0 Å². The van der Waals surface area contributed by atoms with E-state index in [9.17, 15) is 4.79 Å². The first-order valence-electron chi connectivity index (χ1n) is 9.46. The molecular weight excluding hydrogens is 282 g/mol. The highest BCUT2D eigenvalue weighted by atomic mass is 16.1. The van der Waals surface area contributed by atoms with Crippen LogP contribution >= 0.6 is 0 Å². The lowest BCUT2D eigenvalue weighted by Crippen LogP contribution is -2.61. The summed E-state index contributed by atoms with van der Waals surface area (Å²) in [6.45, 7) is 9.17. The lowest BCUT2D eigenvalue weighted by Gasteiger charge is -2.53. The summed E-state index contributed by atoms with van der Waals surface area (Å²) in [5.74, 6) is 1.66. The number of nitrogens with zero attached hydrogens (tertiary/aromatic N) is 1. The third-order valence-electron chi connectivity index (χ3n) is 6.75. The molecule has 0 aromatic heterocycles. The van der Waals surface area contributed by atoms with Gasteiger partial charge in [-0.25, -0.2) is 0 Å². The third-order valence-corrected chi connectivity index (χ3v) is 6.75. The highest BCUT2D eigenvalue weighted by Crippen LogP contribution is 2.49. The Kier molecular flexibility index (Phi) is 3.64. The van der Waals surface area contributed by atoms with E-state index < -0.39 is 0 Å². The summed E-state index contributed by atoms with van der Waals surface area (Å²) in [6, 6.07) is 6.76. The number of benzene rings is 1. The highest BCUT2D eigenvalue weighted by molar-refractivity contribution is 6.03. The van der Waals surface area contributed by atoms with Gasteiger partial charge in [0, 0.05) is 12.1 Å². The average molecular weight is 311 g/mol. The molecule has 23 heavy (non-hydrogen) atoms. The van der Waals surface area contributed by atoms with Gasteiger partial charge in [0.05, 0.1) is 6.04 Å². The minimum absolute atomic E-state index is 0.110. The highest BCUT2D eigenvalue weighted by Gasteiger charge is 2.52. The molecule has 3 atom stereocenters. The molecule has 1 saturated heterocycles. The number of piperidine rings is 1. The predicted octanol–water partition coefficient (Wildman–Crippen LogP) is 4.21. The Balaban J connectivity index is 1.74. The summed E-state index contributed by atoms with van der Waals surface area (Å²) in [6.07, 6.45) is 6.19. The van der Waals surface area contributed by atoms with Gasteiger partial charge < -0.3 is 0 Å². The van der Waals surface area contributed by atoms with Gasteiger partial charge in [-0.15, -0.1) is 0 Å². The van der Waals surface area contributed by atoms with Crippen LogP contribution < -0.4 is 0 Å². The molecule has 1 heterocycles. The molecular formula is C21H29NO. The van der Waals surface area contributed by atoms with Crippen molar-refractivity contribution >= 4 is 5.78 Å². The van der Waals surface area contributed by atoms with E-state index in [4.69, 9.17) is 0 Å². The Morgan fingerprint density at radius 1 is 1.30 bits per heavy atom. The van der Waals surface area contributed by atoms with Crippen LogP contribution in [-0.4, -0.2) is 29.8 Å². The number of fused-ring (bicyclic) bond motifs is 4. The van der Waals surface area contributed by atoms with Gasteiger partial charge in [-0.3, -0.25) is 9.69 Å². The molecule has 0 radical (unpaired) electrons. The predicted molar refractivity (Wildman–Crippen MR) is 94.0 cm³/mol. The number of carbonyl (C=O) groups excluding carboxylic acids is 1. The second-order valence-electron chi connectivity index (χ2n) is 8.33. The van der Waals surface area contributed by atoms with E-state index in [2.05, 4.69) is 43.9 Å². The van der Waals surface area contributed by atoms with E-state index in [1.165, 1.54) is 30.4 Å². The Labute approximate surface area is 140 Å². The largest absolute Gasteiger partial charge is 0.293 e. The molecule has 0 amide bonds. The van der Waals surface area contributed by atoms with Gasteiger partial charge in [-0.1, -0.05) is 45.4 Å². The van der Waals surface area contributed by atoms with Crippen molar-refractivity contribution < 1.29 is 4.79 Å². The smallest absolute Gasteiger partial charge is 0.180 e. The molecule has 2 nitrogen and oxygen atoms in total. The third kappa shape index (κ3) is 2.38. The fraction of sp³-hybridized carbons (Fsp3) is 0.667. The number of Topliss-reactive ketones (excluding diaryl/α,β-unsaturated/α-hetero) is 1. The van der Waals surface area contributed by atoms with Crippen molar-refractivity contribution in [3.05, 3.63) is 34.9 Å². The first kappa shape index (κ1) is 15.4. The van der Waals surface area contributed by atoms with Crippen molar-refractivity contribution in [1.29, 1.82) is 0 Å². The maximum absolute atomic E-state index is 13.2. The van der Waals surface area contributed by atoms with Crippen LogP contribution in [0.4, 0.5) is 0 Å². The number of aryl methyl sites for hydroxylation is 1. The summed E-state index contributed by atoms with van der Waals surface area (Å²) >= 11 is 0. The van der Waals surface area contributed by atoms with Crippen molar-refractivity contribution in [2.75, 3.05) is 13.1 Å². The van der Waals surface area contributed by atoms with Crippen molar-refractivity contribution in [1.82, 2.24) is 4.90 Å². The van der Waals surface area contributed by atoms with Crippen molar-refractivity contribution in [2.24, 2.45) is 11.8 Å². The molecule has 2 aliphatic carbocycles. The summed E-state index contributed by atoms with van der Waals surface area (Å²) < 4.78 is 0. The maximum atomic E-state index is 13.2. The van der Waals surface area contributed by atoms with Crippen molar-refractivity contribution in [3.63, 3.8) is 0 Å². The Bertz CT molecular complexity index is 633. The van der Waals surface area contributed by atoms with Crippen LogP contribution in [0.2, 0.25) is 0 Å². The zero-order valence-electron chi connectivity index (χ0n) is 14.8. The van der Waals surface area contributed by atoms with Crippen LogP contribution in [0, 0.1) is 11.8 Å². The summed E-state index contributed by atoms with van der Waals surface area (Å²) in [5, 5.41) is 0. The number of carbonyl (C=O) groups is 1. The van der Waals surface area contributed by atoms with E-state index in [1.807, 2.05) is 0 Å². The Hall–Kier alpha value is -1.15. The van der Waals surface area contributed by atoms with Gasteiger partial charge in [-0.05, 0) is 60.6 Å². The van der Waals surface area contributed by atoms with Crippen LogP contribution in [0.15, 0.2) is 18.2 Å². The van der Waals surface area contributed by atoms with E-state index in [-0.39, 0.29) is 11.5 Å². The van der Waals surface area contributed by atoms with Gasteiger partial charge in [-0.2, -0.15) is 0 Å². The first-order chi connectivity index (χ1) is 11.0. The zero-order chi connectivity index (χ0) is 16.2. The topological polar surface area (TPSA) is 20.3 Å². The van der Waals surface area contributed by atoms with E-state index in [1.54, 1.807) is 0 Å². The van der Waals surface area contributed by atoms with Gasteiger partial charge in [0.1, 0.15) is 0 Å². The fourth-order valence-electron chi connectivity index (χ4n) is 4.90. The second-order valence-corrected chi connectivity index (χ2v) is 8.33. The zero-order valence-corrected chi connectivity index (χ0v) is 14.8. The average Bonchev–Trinajstić information content (AvgIpc) is 3.34. The molecule has 1 aromatic carbocycles. The second kappa shape index (κ2) is 5.44. The van der Waals surface area contributed by atoms with Crippen LogP contribution in [0.5, 0.6) is 0 Å². The quantitative estimate of drug-likeness (QED) is 0.830. The fourth-order valence-corrected chi connectivity index (χ4v) is 4.90. The monoisotopic (exact) mass is 311 g/mol. The molecule has 1 aliphatic heterocycles. The standard InChI is InChI=1S/C21H29NO/c1-4-5-15-8-9-17-18(12-15)21(3)10-11-22(13-16-6-7-16)19(14(21)2)20(17)23/h8-9,12,14,16,19H,4-7,10-11,13H2,1-3H3/t14-,19-,21-/m0/s1.